The van der Waals surface area contributed by atoms with Gasteiger partial charge in [-0.3, -0.25) is 0 Å². The van der Waals surface area contributed by atoms with E-state index in [2.05, 4.69) is 22.3 Å². The van der Waals surface area contributed by atoms with Crippen molar-refractivity contribution in [1.82, 2.24) is 14.8 Å². The average Bonchev–Trinajstić information content (AvgIpc) is 2.85. The largest absolute Gasteiger partial charge is 0.383 e. The lowest BCUT2D eigenvalue weighted by atomic mass is 10.1. The predicted octanol–water partition coefficient (Wildman–Crippen LogP) is 1.09. The molecule has 2 aromatic rings. The summed E-state index contributed by atoms with van der Waals surface area (Å²) in [5.74, 6) is 0.867. The molecule has 5 heteroatoms. The van der Waals surface area contributed by atoms with Gasteiger partial charge in [0.25, 0.3) is 0 Å². The second kappa shape index (κ2) is 6.28. The standard InChI is InChI=1S/C13H18N4O/c1-18-8-7-17-10-15-16-13(17)12-4-2-3-11(9-12)5-6-14/h2-4,9-10H,5-8,14H2,1H3. The van der Waals surface area contributed by atoms with E-state index >= 15 is 0 Å². The van der Waals surface area contributed by atoms with Crippen LogP contribution >= 0.6 is 0 Å². The van der Waals surface area contributed by atoms with E-state index in [1.807, 2.05) is 16.7 Å². The van der Waals surface area contributed by atoms with Crippen LogP contribution in [0.1, 0.15) is 5.56 Å². The van der Waals surface area contributed by atoms with Gasteiger partial charge in [0.05, 0.1) is 6.61 Å². The zero-order chi connectivity index (χ0) is 12.8. The van der Waals surface area contributed by atoms with Crippen LogP contribution < -0.4 is 5.73 Å². The fraction of sp³-hybridized carbons (Fsp3) is 0.385. The molecule has 0 unspecified atom stereocenters. The van der Waals surface area contributed by atoms with Gasteiger partial charge in [0.1, 0.15) is 6.33 Å². The number of aromatic nitrogens is 3. The fourth-order valence-corrected chi connectivity index (χ4v) is 1.86. The molecule has 0 amide bonds. The molecule has 1 heterocycles. The lowest BCUT2D eigenvalue weighted by molar-refractivity contribution is 0.187. The molecule has 0 saturated carbocycles. The number of hydrogen-bond acceptors (Lipinski definition) is 4. The summed E-state index contributed by atoms with van der Waals surface area (Å²) in [7, 11) is 1.69. The lowest BCUT2D eigenvalue weighted by Crippen LogP contribution is -2.06. The van der Waals surface area contributed by atoms with Crippen LogP contribution in [0.4, 0.5) is 0 Å². The molecule has 0 spiro atoms. The van der Waals surface area contributed by atoms with Gasteiger partial charge < -0.3 is 15.0 Å². The molecular formula is C13H18N4O. The highest BCUT2D eigenvalue weighted by Crippen LogP contribution is 2.18. The van der Waals surface area contributed by atoms with Crippen molar-refractivity contribution in [2.45, 2.75) is 13.0 Å². The Labute approximate surface area is 107 Å². The average molecular weight is 246 g/mol. The van der Waals surface area contributed by atoms with Crippen LogP contribution in [0, 0.1) is 0 Å². The molecule has 0 radical (unpaired) electrons. The molecule has 1 aromatic heterocycles. The van der Waals surface area contributed by atoms with Gasteiger partial charge in [-0.05, 0) is 24.6 Å². The van der Waals surface area contributed by atoms with E-state index in [9.17, 15) is 0 Å². The summed E-state index contributed by atoms with van der Waals surface area (Å²) in [6, 6.07) is 8.25. The second-order valence-corrected chi connectivity index (χ2v) is 4.08. The van der Waals surface area contributed by atoms with Crippen LogP contribution in [-0.2, 0) is 17.7 Å². The van der Waals surface area contributed by atoms with Crippen LogP contribution in [0.25, 0.3) is 11.4 Å². The summed E-state index contributed by atoms with van der Waals surface area (Å²) in [5, 5.41) is 8.13. The Morgan fingerprint density at radius 1 is 1.39 bits per heavy atom. The van der Waals surface area contributed by atoms with Crippen molar-refractivity contribution in [1.29, 1.82) is 0 Å². The van der Waals surface area contributed by atoms with Crippen molar-refractivity contribution in [3.63, 3.8) is 0 Å². The minimum Gasteiger partial charge on any atom is -0.383 e. The Balaban J connectivity index is 2.24. The first-order chi connectivity index (χ1) is 8.85. The van der Waals surface area contributed by atoms with Crippen molar-refractivity contribution in [3.8, 4) is 11.4 Å². The summed E-state index contributed by atoms with van der Waals surface area (Å²) in [5.41, 5.74) is 7.86. The molecule has 2 N–H and O–H groups in total. The highest BCUT2D eigenvalue weighted by atomic mass is 16.5. The molecule has 1 aromatic carbocycles. The topological polar surface area (TPSA) is 66.0 Å². The van der Waals surface area contributed by atoms with Crippen LogP contribution in [0.5, 0.6) is 0 Å². The van der Waals surface area contributed by atoms with Gasteiger partial charge in [-0.1, -0.05) is 18.2 Å². The van der Waals surface area contributed by atoms with E-state index < -0.39 is 0 Å². The maximum absolute atomic E-state index is 5.58. The van der Waals surface area contributed by atoms with Gasteiger partial charge in [-0.15, -0.1) is 10.2 Å². The van der Waals surface area contributed by atoms with Gasteiger partial charge in [0.2, 0.25) is 0 Å². The van der Waals surface area contributed by atoms with E-state index in [1.165, 1.54) is 5.56 Å². The molecule has 0 atom stereocenters. The number of nitrogens with two attached hydrogens (primary N) is 1. The van der Waals surface area contributed by atoms with Crippen LogP contribution in [-0.4, -0.2) is 35.0 Å². The molecule has 0 saturated heterocycles. The summed E-state index contributed by atoms with van der Waals surface area (Å²) in [6.45, 7) is 2.05. The number of ether oxygens (including phenoxy) is 1. The highest BCUT2D eigenvalue weighted by molar-refractivity contribution is 5.56. The van der Waals surface area contributed by atoms with Gasteiger partial charge in [-0.25, -0.2) is 0 Å². The monoisotopic (exact) mass is 246 g/mol. The van der Waals surface area contributed by atoms with Gasteiger partial charge >= 0.3 is 0 Å². The molecule has 0 fully saturated rings. The fourth-order valence-electron chi connectivity index (χ4n) is 1.86. The van der Waals surface area contributed by atoms with E-state index in [0.29, 0.717) is 13.2 Å². The van der Waals surface area contributed by atoms with Gasteiger partial charge in [0.15, 0.2) is 5.82 Å². The van der Waals surface area contributed by atoms with Gasteiger partial charge in [0, 0.05) is 19.2 Å². The van der Waals surface area contributed by atoms with Crippen LogP contribution in [0.15, 0.2) is 30.6 Å². The Morgan fingerprint density at radius 2 is 2.28 bits per heavy atom. The maximum atomic E-state index is 5.58. The molecule has 2 rings (SSSR count). The number of methoxy groups -OCH3 is 1. The SMILES string of the molecule is COCCn1cnnc1-c1cccc(CCN)c1. The van der Waals surface area contributed by atoms with Gasteiger partial charge in [-0.2, -0.15) is 0 Å². The van der Waals surface area contributed by atoms with Crippen molar-refractivity contribution in [3.05, 3.63) is 36.2 Å². The minimum absolute atomic E-state index is 0.646. The second-order valence-electron chi connectivity index (χ2n) is 4.08. The van der Waals surface area contributed by atoms with E-state index in [1.54, 1.807) is 13.4 Å². The van der Waals surface area contributed by atoms with Crippen LogP contribution in [0.3, 0.4) is 0 Å². The number of hydrogen-bond donors (Lipinski definition) is 1. The Kier molecular flexibility index (Phi) is 4.44. The Hall–Kier alpha value is -1.72. The van der Waals surface area contributed by atoms with Crippen LogP contribution in [0.2, 0.25) is 0 Å². The van der Waals surface area contributed by atoms with Crippen molar-refractivity contribution in [2.24, 2.45) is 5.73 Å². The first-order valence-electron chi connectivity index (χ1n) is 6.01. The minimum atomic E-state index is 0.646. The molecule has 0 bridgehead atoms. The van der Waals surface area contributed by atoms with E-state index in [0.717, 1.165) is 24.4 Å². The lowest BCUT2D eigenvalue weighted by Gasteiger charge is -2.07. The quantitative estimate of drug-likeness (QED) is 0.828. The number of benzene rings is 1. The smallest absolute Gasteiger partial charge is 0.163 e. The summed E-state index contributed by atoms with van der Waals surface area (Å²) in [4.78, 5) is 0. The maximum Gasteiger partial charge on any atom is 0.163 e. The van der Waals surface area contributed by atoms with Crippen molar-refractivity contribution < 1.29 is 4.74 Å². The Bertz CT molecular complexity index is 495. The molecule has 18 heavy (non-hydrogen) atoms. The Morgan fingerprint density at radius 3 is 3.06 bits per heavy atom. The molecule has 0 aliphatic heterocycles. The molecule has 5 nitrogen and oxygen atoms in total. The number of nitrogens with zero attached hydrogens (tertiary/aromatic N) is 3. The van der Waals surface area contributed by atoms with E-state index in [4.69, 9.17) is 10.5 Å². The molecule has 96 valence electrons. The van der Waals surface area contributed by atoms with Crippen molar-refractivity contribution in [2.75, 3.05) is 20.3 Å². The van der Waals surface area contributed by atoms with Crippen molar-refractivity contribution >= 4 is 0 Å². The number of rotatable bonds is 6. The first kappa shape index (κ1) is 12.7. The normalized spacial score (nSPS) is 10.8. The first-order valence-corrected chi connectivity index (χ1v) is 6.01. The molecule has 0 aliphatic carbocycles. The zero-order valence-corrected chi connectivity index (χ0v) is 10.5. The highest BCUT2D eigenvalue weighted by Gasteiger charge is 2.07. The third-order valence-corrected chi connectivity index (χ3v) is 2.77. The third-order valence-electron chi connectivity index (χ3n) is 2.77. The summed E-state index contributed by atoms with van der Waals surface area (Å²) >= 11 is 0. The molecule has 0 aliphatic rings. The summed E-state index contributed by atoms with van der Waals surface area (Å²) < 4.78 is 7.07. The van der Waals surface area contributed by atoms with E-state index in [-0.39, 0.29) is 0 Å². The zero-order valence-electron chi connectivity index (χ0n) is 10.5. The predicted molar refractivity (Wildman–Crippen MR) is 70.1 cm³/mol. The third kappa shape index (κ3) is 2.94. The molecular weight excluding hydrogens is 228 g/mol. The summed E-state index contributed by atoms with van der Waals surface area (Å²) in [6.07, 6.45) is 2.60.